The van der Waals surface area contributed by atoms with Crippen molar-refractivity contribution in [1.29, 1.82) is 0 Å². The number of alkyl halides is 2. The van der Waals surface area contributed by atoms with E-state index in [9.17, 15) is 13.6 Å². The third-order valence-electron chi connectivity index (χ3n) is 2.86. The first kappa shape index (κ1) is 16.1. The minimum Gasteiger partial charge on any atom is -0.360 e. The van der Waals surface area contributed by atoms with Crippen LogP contribution in [0.3, 0.4) is 0 Å². The molecule has 0 fully saturated rings. The number of rotatable bonds is 7. The molecule has 0 unspecified atom stereocenters. The molecule has 22 heavy (non-hydrogen) atoms. The Morgan fingerprint density at radius 1 is 1.50 bits per heavy atom. The predicted molar refractivity (Wildman–Crippen MR) is 74.4 cm³/mol. The van der Waals surface area contributed by atoms with Gasteiger partial charge in [-0.05, 0) is 19.9 Å². The van der Waals surface area contributed by atoms with Crippen molar-refractivity contribution in [1.82, 2.24) is 19.6 Å². The summed E-state index contributed by atoms with van der Waals surface area (Å²) >= 11 is 0. The van der Waals surface area contributed by atoms with Crippen LogP contribution in [0.1, 0.15) is 24.7 Å². The summed E-state index contributed by atoms with van der Waals surface area (Å²) in [6, 6.07) is 1.26. The Balaban J connectivity index is 1.94. The Bertz CT molecular complexity index is 638. The molecule has 7 nitrogen and oxygen atoms in total. The summed E-state index contributed by atoms with van der Waals surface area (Å²) in [5.74, 6) is -0.372. The Morgan fingerprint density at radius 2 is 2.27 bits per heavy atom. The second-order valence-electron chi connectivity index (χ2n) is 4.61. The highest BCUT2D eigenvalue weighted by Crippen LogP contribution is 2.17. The van der Waals surface area contributed by atoms with Crippen molar-refractivity contribution in [2.45, 2.75) is 33.5 Å². The quantitative estimate of drug-likeness (QED) is 0.848. The Morgan fingerprint density at radius 3 is 2.91 bits per heavy atom. The maximum atomic E-state index is 12.5. The number of aryl methyl sites for hydroxylation is 1. The summed E-state index contributed by atoms with van der Waals surface area (Å²) in [6.45, 7) is 4.20. The molecule has 120 valence electrons. The van der Waals surface area contributed by atoms with Gasteiger partial charge >= 0.3 is 0 Å². The van der Waals surface area contributed by atoms with E-state index in [2.05, 4.69) is 15.5 Å². The van der Waals surface area contributed by atoms with E-state index in [-0.39, 0.29) is 18.1 Å². The first-order valence-electron chi connectivity index (χ1n) is 6.72. The van der Waals surface area contributed by atoms with Crippen molar-refractivity contribution in [3.8, 4) is 0 Å². The van der Waals surface area contributed by atoms with Gasteiger partial charge in [-0.2, -0.15) is 10.2 Å². The summed E-state index contributed by atoms with van der Waals surface area (Å²) in [6.07, 6.45) is 0.450. The van der Waals surface area contributed by atoms with E-state index in [4.69, 9.17) is 4.74 Å². The fraction of sp³-hybridized carbons (Fsp3) is 0.462. The minimum absolute atomic E-state index is 0.144. The lowest BCUT2D eigenvalue weighted by Gasteiger charge is -2.05. The third kappa shape index (κ3) is 4.10. The van der Waals surface area contributed by atoms with Gasteiger partial charge in [0.2, 0.25) is 5.91 Å². The topological polar surface area (TPSA) is 74.0 Å². The summed E-state index contributed by atoms with van der Waals surface area (Å²) < 4.78 is 33.0. The van der Waals surface area contributed by atoms with Crippen LogP contribution in [0.25, 0.3) is 0 Å². The van der Waals surface area contributed by atoms with Crippen molar-refractivity contribution in [2.24, 2.45) is 0 Å². The predicted octanol–water partition coefficient (Wildman–Crippen LogP) is 1.96. The van der Waals surface area contributed by atoms with Crippen molar-refractivity contribution in [2.75, 3.05) is 11.9 Å². The smallest absolute Gasteiger partial charge is 0.282 e. The van der Waals surface area contributed by atoms with Crippen LogP contribution in [-0.4, -0.2) is 32.1 Å². The molecule has 9 heteroatoms. The Kier molecular flexibility index (Phi) is 5.21. The third-order valence-corrected chi connectivity index (χ3v) is 2.86. The van der Waals surface area contributed by atoms with E-state index in [1.165, 1.54) is 21.6 Å². The molecule has 0 bridgehead atoms. The normalized spacial score (nSPS) is 11.1. The van der Waals surface area contributed by atoms with Crippen LogP contribution in [0.4, 0.5) is 14.5 Å². The molecule has 0 radical (unpaired) electrons. The van der Waals surface area contributed by atoms with Crippen LogP contribution in [-0.2, 0) is 22.8 Å². The zero-order valence-corrected chi connectivity index (χ0v) is 12.3. The molecule has 2 rings (SSSR count). The van der Waals surface area contributed by atoms with Crippen LogP contribution < -0.4 is 5.32 Å². The van der Waals surface area contributed by atoms with Crippen molar-refractivity contribution in [3.05, 3.63) is 29.8 Å². The molecule has 0 saturated heterocycles. The number of hydrogen-bond donors (Lipinski definition) is 1. The van der Waals surface area contributed by atoms with Crippen molar-refractivity contribution >= 4 is 11.6 Å². The van der Waals surface area contributed by atoms with Gasteiger partial charge in [-0.3, -0.25) is 9.48 Å². The summed E-state index contributed by atoms with van der Waals surface area (Å²) in [7, 11) is 0. The van der Waals surface area contributed by atoms with E-state index in [1.807, 2.05) is 6.92 Å². The molecule has 1 amide bonds. The molecule has 0 saturated carbocycles. The molecule has 2 aromatic heterocycles. The highest BCUT2D eigenvalue weighted by molar-refractivity contribution is 5.90. The lowest BCUT2D eigenvalue weighted by molar-refractivity contribution is -0.117. The van der Waals surface area contributed by atoms with Gasteiger partial charge < -0.3 is 10.1 Å². The van der Waals surface area contributed by atoms with Crippen molar-refractivity contribution < 1.29 is 18.3 Å². The Hall–Kier alpha value is -2.29. The van der Waals surface area contributed by atoms with E-state index in [1.54, 1.807) is 13.1 Å². The number of ether oxygens (including phenoxy) is 1. The van der Waals surface area contributed by atoms with Crippen molar-refractivity contribution in [3.63, 3.8) is 0 Å². The second-order valence-corrected chi connectivity index (χ2v) is 4.61. The van der Waals surface area contributed by atoms with Crippen LogP contribution in [0.15, 0.2) is 18.5 Å². The molecule has 0 aliphatic carbocycles. The number of anilines is 1. The maximum Gasteiger partial charge on any atom is 0.282 e. The number of hydrogen-bond acceptors (Lipinski definition) is 4. The fourth-order valence-electron chi connectivity index (χ4n) is 1.82. The molecule has 2 heterocycles. The van der Waals surface area contributed by atoms with Gasteiger partial charge in [-0.25, -0.2) is 13.5 Å². The highest BCUT2D eigenvalue weighted by atomic mass is 19.3. The summed E-state index contributed by atoms with van der Waals surface area (Å²) in [4.78, 5) is 11.9. The van der Waals surface area contributed by atoms with E-state index in [0.717, 1.165) is 0 Å². The number of halogens is 2. The number of carbonyl (C=O) groups excluding carboxylic acids is 1. The van der Waals surface area contributed by atoms with E-state index in [0.29, 0.717) is 24.7 Å². The molecule has 0 aromatic carbocycles. The standard InChI is InChI=1S/C13H17F2N5O2/c1-3-22-8-19-6-10(5-16-19)17-12(21)7-20-9(2)4-11(18-20)13(14)15/h4-6,13H,3,7-8H2,1-2H3,(H,17,21). The summed E-state index contributed by atoms with van der Waals surface area (Å²) in [5, 5.41) is 10.3. The number of amides is 1. The van der Waals surface area contributed by atoms with Gasteiger partial charge in [-0.1, -0.05) is 0 Å². The maximum absolute atomic E-state index is 12.5. The van der Waals surface area contributed by atoms with Gasteiger partial charge in [0.1, 0.15) is 19.0 Å². The van der Waals surface area contributed by atoms with Crippen LogP contribution in [0.2, 0.25) is 0 Å². The highest BCUT2D eigenvalue weighted by Gasteiger charge is 2.15. The zero-order valence-electron chi connectivity index (χ0n) is 12.3. The van der Waals surface area contributed by atoms with E-state index >= 15 is 0 Å². The molecule has 0 aliphatic rings. The lowest BCUT2D eigenvalue weighted by atomic mass is 10.4. The number of nitrogens with one attached hydrogen (secondary N) is 1. The molecule has 2 aromatic rings. The monoisotopic (exact) mass is 313 g/mol. The molecule has 0 atom stereocenters. The summed E-state index contributed by atoms with van der Waals surface area (Å²) in [5.41, 5.74) is 0.663. The zero-order chi connectivity index (χ0) is 16.1. The van der Waals surface area contributed by atoms with Gasteiger partial charge in [-0.15, -0.1) is 0 Å². The van der Waals surface area contributed by atoms with Crippen LogP contribution in [0, 0.1) is 6.92 Å². The lowest BCUT2D eigenvalue weighted by Crippen LogP contribution is -2.20. The molecular formula is C13H17F2N5O2. The van der Waals surface area contributed by atoms with Gasteiger partial charge in [0, 0.05) is 12.3 Å². The fourth-order valence-corrected chi connectivity index (χ4v) is 1.82. The molecule has 0 spiro atoms. The Labute approximate surface area is 125 Å². The van der Waals surface area contributed by atoms with Crippen LogP contribution >= 0.6 is 0 Å². The van der Waals surface area contributed by atoms with E-state index < -0.39 is 6.43 Å². The minimum atomic E-state index is -2.65. The average molecular weight is 313 g/mol. The number of nitrogens with zero attached hydrogens (tertiary/aromatic N) is 4. The molecule has 0 aliphatic heterocycles. The number of aromatic nitrogens is 4. The SMILES string of the molecule is CCOCn1cc(NC(=O)Cn2nc(C(F)F)cc2C)cn1. The van der Waals surface area contributed by atoms with Gasteiger partial charge in [0.15, 0.2) is 0 Å². The van der Waals surface area contributed by atoms with Gasteiger partial charge in [0.05, 0.1) is 18.1 Å². The average Bonchev–Trinajstić information content (AvgIpc) is 3.04. The van der Waals surface area contributed by atoms with Crippen LogP contribution in [0.5, 0.6) is 0 Å². The first-order valence-corrected chi connectivity index (χ1v) is 6.72. The second kappa shape index (κ2) is 7.12. The van der Waals surface area contributed by atoms with Gasteiger partial charge in [0.25, 0.3) is 6.43 Å². The molecular weight excluding hydrogens is 296 g/mol. The first-order chi connectivity index (χ1) is 10.5. The largest absolute Gasteiger partial charge is 0.360 e. The number of carbonyl (C=O) groups is 1. The molecule has 1 N–H and O–H groups in total.